The van der Waals surface area contributed by atoms with Crippen molar-refractivity contribution in [3.63, 3.8) is 0 Å². The summed E-state index contributed by atoms with van der Waals surface area (Å²) in [7, 11) is 0. The Morgan fingerprint density at radius 3 is 1.26 bits per heavy atom. The zero-order valence-corrected chi connectivity index (χ0v) is 36.7. The third kappa shape index (κ3) is 14.4. The van der Waals surface area contributed by atoms with Crippen molar-refractivity contribution in [1.82, 2.24) is 0 Å². The number of benzene rings is 4. The molecule has 53 heavy (non-hydrogen) atoms. The Kier molecular flexibility index (Phi) is 15.5. The van der Waals surface area contributed by atoms with Crippen molar-refractivity contribution in [3.05, 3.63) is 90.0 Å². The van der Waals surface area contributed by atoms with Gasteiger partial charge in [-0.1, -0.05) is 178 Å². The van der Waals surface area contributed by atoms with E-state index in [-0.39, 0.29) is 10.8 Å². The largest absolute Gasteiger partial charge is 0.508 e. The lowest BCUT2D eigenvalue weighted by Crippen LogP contribution is -2.43. The molecule has 0 radical (unpaired) electrons. The van der Waals surface area contributed by atoms with Crippen LogP contribution in [0, 0.1) is 38.9 Å². The van der Waals surface area contributed by atoms with E-state index < -0.39 is 11.4 Å². The molecule has 0 spiro atoms. The number of aromatic hydroxyl groups is 1. The maximum atomic E-state index is 11.3. The van der Waals surface area contributed by atoms with E-state index in [1.807, 2.05) is 39.8 Å². The van der Waals surface area contributed by atoms with Gasteiger partial charge in [0.1, 0.15) is 5.75 Å². The molecule has 294 valence electrons. The van der Waals surface area contributed by atoms with E-state index >= 15 is 0 Å². The molecule has 0 saturated carbocycles. The highest BCUT2D eigenvalue weighted by molar-refractivity contribution is 5.85. The van der Waals surface area contributed by atoms with Crippen molar-refractivity contribution in [2.45, 2.75) is 149 Å². The summed E-state index contributed by atoms with van der Waals surface area (Å²) in [6.07, 6.45) is 3.12. The van der Waals surface area contributed by atoms with Crippen molar-refractivity contribution in [3.8, 4) is 5.75 Å². The van der Waals surface area contributed by atoms with Gasteiger partial charge >= 0.3 is 5.97 Å². The van der Waals surface area contributed by atoms with E-state index in [0.717, 1.165) is 5.39 Å². The summed E-state index contributed by atoms with van der Waals surface area (Å²) in [6.45, 7) is 37.3. The van der Waals surface area contributed by atoms with Crippen molar-refractivity contribution in [1.29, 1.82) is 0 Å². The van der Waals surface area contributed by atoms with Crippen LogP contribution in [0.15, 0.2) is 78.9 Å². The third-order valence-electron chi connectivity index (χ3n) is 10.8. The highest BCUT2D eigenvalue weighted by atomic mass is 16.4. The quantitative estimate of drug-likeness (QED) is 0.190. The molecule has 0 saturated heterocycles. The number of rotatable bonds is 8. The van der Waals surface area contributed by atoms with Gasteiger partial charge in [-0.2, -0.15) is 0 Å². The molecular formula is C50H76O3. The lowest BCUT2D eigenvalue weighted by molar-refractivity contribution is -0.157. The van der Waals surface area contributed by atoms with Gasteiger partial charge < -0.3 is 10.2 Å². The van der Waals surface area contributed by atoms with E-state index in [1.54, 1.807) is 6.07 Å². The van der Waals surface area contributed by atoms with Crippen LogP contribution >= 0.6 is 0 Å². The molecule has 4 aromatic carbocycles. The first kappa shape index (κ1) is 45.8. The molecule has 2 N–H and O–H groups in total. The highest BCUT2D eigenvalue weighted by Crippen LogP contribution is 2.46. The molecule has 0 aromatic heterocycles. The topological polar surface area (TPSA) is 57.5 Å². The van der Waals surface area contributed by atoms with E-state index in [0.29, 0.717) is 46.7 Å². The van der Waals surface area contributed by atoms with Crippen molar-refractivity contribution in [2.75, 3.05) is 0 Å². The van der Waals surface area contributed by atoms with Gasteiger partial charge in [0.15, 0.2) is 0 Å². The molecule has 3 atom stereocenters. The van der Waals surface area contributed by atoms with E-state index in [1.165, 1.54) is 40.1 Å². The molecule has 3 heteroatoms. The predicted octanol–water partition coefficient (Wildman–Crippen LogP) is 15.3. The predicted molar refractivity (Wildman–Crippen MR) is 232 cm³/mol. The third-order valence-corrected chi connectivity index (χ3v) is 10.8. The summed E-state index contributed by atoms with van der Waals surface area (Å²) in [5.74, 6) is 2.17. The molecule has 0 heterocycles. The van der Waals surface area contributed by atoms with E-state index in [4.69, 9.17) is 0 Å². The molecule has 3 unspecified atom stereocenters. The number of phenols is 1. The van der Waals surface area contributed by atoms with Gasteiger partial charge in [0, 0.05) is 0 Å². The minimum atomic E-state index is -0.695. The maximum Gasteiger partial charge on any atom is 0.309 e. The fourth-order valence-electron chi connectivity index (χ4n) is 7.44. The normalized spacial score (nSPS) is 14.9. The number of fused-ring (bicyclic) bond motifs is 2. The molecule has 0 aliphatic heterocycles. The summed E-state index contributed by atoms with van der Waals surface area (Å²) in [5.41, 5.74) is 2.77. The average Bonchev–Trinajstić information content (AvgIpc) is 3.00. The molecule has 4 aromatic rings. The van der Waals surface area contributed by atoms with Gasteiger partial charge in [0.2, 0.25) is 0 Å². The van der Waals surface area contributed by atoms with Gasteiger partial charge in [-0.05, 0) is 116 Å². The molecule has 4 rings (SSSR count). The zero-order chi connectivity index (χ0) is 40.7. The number of carboxylic acid groups (broad SMARTS) is 1. The smallest absolute Gasteiger partial charge is 0.309 e. The summed E-state index contributed by atoms with van der Waals surface area (Å²) in [4.78, 5) is 11.3. The molecule has 0 aliphatic rings. The zero-order valence-electron chi connectivity index (χ0n) is 36.7. The van der Waals surface area contributed by atoms with Gasteiger partial charge in [-0.3, -0.25) is 4.79 Å². The Bertz CT molecular complexity index is 1750. The van der Waals surface area contributed by atoms with Crippen LogP contribution in [-0.4, -0.2) is 16.2 Å². The molecule has 0 aliphatic carbocycles. The average molecular weight is 725 g/mol. The molecule has 0 bridgehead atoms. The van der Waals surface area contributed by atoms with Crippen LogP contribution < -0.4 is 0 Å². The molecule has 3 nitrogen and oxygen atoms in total. The number of hydrogen-bond donors (Lipinski definition) is 2. The van der Waals surface area contributed by atoms with Crippen LogP contribution in [0.5, 0.6) is 5.75 Å². The second-order valence-corrected chi connectivity index (χ2v) is 21.3. The first-order chi connectivity index (χ1) is 24.0. The number of aliphatic carboxylic acids is 1. The second-order valence-electron chi connectivity index (χ2n) is 21.3. The van der Waals surface area contributed by atoms with Crippen molar-refractivity contribution >= 4 is 27.5 Å². The van der Waals surface area contributed by atoms with Gasteiger partial charge in [0.25, 0.3) is 0 Å². The first-order valence-corrected chi connectivity index (χ1v) is 20.0. The van der Waals surface area contributed by atoms with Gasteiger partial charge in [-0.15, -0.1) is 0 Å². The van der Waals surface area contributed by atoms with E-state index in [2.05, 4.69) is 151 Å². The van der Waals surface area contributed by atoms with Crippen LogP contribution in [0.4, 0.5) is 0 Å². The first-order valence-electron chi connectivity index (χ1n) is 20.0. The Morgan fingerprint density at radius 1 is 0.528 bits per heavy atom. The summed E-state index contributed by atoms with van der Waals surface area (Å²) >= 11 is 0. The van der Waals surface area contributed by atoms with Gasteiger partial charge in [-0.25, -0.2) is 0 Å². The lowest BCUT2D eigenvalue weighted by Gasteiger charge is -2.42. The number of carbonyl (C=O) groups is 1. The van der Waals surface area contributed by atoms with Gasteiger partial charge in [0.05, 0.1) is 5.41 Å². The van der Waals surface area contributed by atoms with Crippen LogP contribution in [0.3, 0.4) is 0 Å². The lowest BCUT2D eigenvalue weighted by atomic mass is 9.61. The van der Waals surface area contributed by atoms with Crippen molar-refractivity contribution in [2.24, 2.45) is 38.9 Å². The van der Waals surface area contributed by atoms with E-state index in [9.17, 15) is 15.0 Å². The molecular weight excluding hydrogens is 649 g/mol. The van der Waals surface area contributed by atoms with Crippen LogP contribution in [0.2, 0.25) is 0 Å². The SMILES string of the molecule is CC(C)(C)CC(C)(C(=O)O)C(C)(C)C.CC(C)C(CC(C)(C)C)c1ccc2cc(O)ccc2c1.CC(C)C(CC(C)(C)C)c1ccc2ccccc2c1. The fourth-order valence-corrected chi connectivity index (χ4v) is 7.44. The van der Waals surface area contributed by atoms with Crippen LogP contribution in [0.25, 0.3) is 21.5 Å². The standard InChI is InChI=1S/C19H26O.C19H26.C12H24O2/c1-13(2)18(12-19(3,4)5)16-7-6-15-11-17(20)9-8-14(15)10-16;1-14(2)18(13-19(3,4)5)17-11-10-15-8-6-7-9-16(15)12-17;1-10(2,3)8-12(7,9(13)14)11(4,5)6/h6-11,13,18,20H,12H2,1-5H3;6-12,14,18H,13H2,1-5H3;8H2,1-7H3,(H,13,14). The van der Waals surface area contributed by atoms with Crippen LogP contribution in [0.1, 0.15) is 160 Å². The minimum Gasteiger partial charge on any atom is -0.508 e. The monoisotopic (exact) mass is 725 g/mol. The van der Waals surface area contributed by atoms with Crippen molar-refractivity contribution < 1.29 is 15.0 Å². The fraction of sp³-hybridized carbons (Fsp3) is 0.580. The molecule has 0 amide bonds. The number of hydrogen-bond acceptors (Lipinski definition) is 2. The highest BCUT2D eigenvalue weighted by Gasteiger charge is 2.46. The number of carboxylic acids is 1. The Balaban J connectivity index is 0.000000280. The second kappa shape index (κ2) is 17.9. The summed E-state index contributed by atoms with van der Waals surface area (Å²) < 4.78 is 0. The van der Waals surface area contributed by atoms with Crippen LogP contribution in [-0.2, 0) is 4.79 Å². The Hall–Kier alpha value is -3.33. The summed E-state index contributed by atoms with van der Waals surface area (Å²) in [6, 6.07) is 27.8. The minimum absolute atomic E-state index is 0.0421. The Labute approximate surface area is 325 Å². The maximum absolute atomic E-state index is 11.3. The molecule has 0 fully saturated rings. The number of phenolic OH excluding ortho intramolecular Hbond substituents is 1. The Morgan fingerprint density at radius 2 is 0.906 bits per heavy atom. The summed E-state index contributed by atoms with van der Waals surface area (Å²) in [5, 5.41) is 23.9.